The SMILES string of the molecule is CC1(C)COc2c1cc(C(O)CN)nc2Cl. The van der Waals surface area contributed by atoms with Crippen molar-refractivity contribution in [2.24, 2.45) is 5.73 Å². The van der Waals surface area contributed by atoms with Crippen LogP contribution in [0.5, 0.6) is 5.75 Å². The molecule has 3 N–H and O–H groups in total. The Morgan fingerprint density at radius 2 is 2.38 bits per heavy atom. The van der Waals surface area contributed by atoms with E-state index in [0.29, 0.717) is 23.2 Å². The maximum atomic E-state index is 9.67. The van der Waals surface area contributed by atoms with Crippen LogP contribution in [0, 0.1) is 0 Å². The van der Waals surface area contributed by atoms with Gasteiger partial charge in [0, 0.05) is 17.5 Å². The number of aliphatic hydroxyl groups excluding tert-OH is 1. The molecule has 16 heavy (non-hydrogen) atoms. The van der Waals surface area contributed by atoms with E-state index in [1.54, 1.807) is 0 Å². The highest BCUT2D eigenvalue weighted by atomic mass is 35.5. The molecule has 88 valence electrons. The summed E-state index contributed by atoms with van der Waals surface area (Å²) in [6, 6.07) is 1.83. The standard InChI is InChI=1S/C11H15ClN2O2/c1-11(2)5-16-9-6(11)3-7(8(15)4-13)14-10(9)12/h3,8,15H,4-5,13H2,1-2H3. The van der Waals surface area contributed by atoms with Gasteiger partial charge in [-0.05, 0) is 6.07 Å². The zero-order valence-corrected chi connectivity index (χ0v) is 10.1. The van der Waals surface area contributed by atoms with Crippen molar-refractivity contribution in [3.8, 4) is 5.75 Å². The largest absolute Gasteiger partial charge is 0.489 e. The Kier molecular flexibility index (Phi) is 2.82. The minimum atomic E-state index is -0.779. The molecule has 0 radical (unpaired) electrons. The highest BCUT2D eigenvalue weighted by molar-refractivity contribution is 6.31. The molecule has 0 aromatic carbocycles. The molecule has 0 spiro atoms. The highest BCUT2D eigenvalue weighted by Gasteiger charge is 2.34. The monoisotopic (exact) mass is 242 g/mol. The van der Waals surface area contributed by atoms with Crippen LogP contribution >= 0.6 is 11.6 Å². The molecule has 1 aliphatic heterocycles. The average molecular weight is 243 g/mol. The number of ether oxygens (including phenoxy) is 1. The van der Waals surface area contributed by atoms with Gasteiger partial charge in [0.15, 0.2) is 10.9 Å². The van der Waals surface area contributed by atoms with Crippen molar-refractivity contribution in [2.45, 2.75) is 25.4 Å². The Labute approximate surface area is 99.4 Å². The van der Waals surface area contributed by atoms with E-state index in [-0.39, 0.29) is 12.0 Å². The molecule has 1 unspecified atom stereocenters. The third-order valence-corrected chi connectivity index (χ3v) is 3.08. The zero-order chi connectivity index (χ0) is 11.9. The number of aromatic nitrogens is 1. The van der Waals surface area contributed by atoms with E-state index in [4.69, 9.17) is 22.1 Å². The van der Waals surface area contributed by atoms with Crippen LogP contribution in [0.3, 0.4) is 0 Å². The first-order valence-electron chi connectivity index (χ1n) is 5.17. The topological polar surface area (TPSA) is 68.4 Å². The van der Waals surface area contributed by atoms with Gasteiger partial charge in [0.2, 0.25) is 0 Å². The van der Waals surface area contributed by atoms with Crippen LogP contribution in [0.2, 0.25) is 5.15 Å². The van der Waals surface area contributed by atoms with E-state index < -0.39 is 6.10 Å². The molecular weight excluding hydrogens is 228 g/mol. The maximum Gasteiger partial charge on any atom is 0.171 e. The molecule has 0 amide bonds. The number of nitrogens with zero attached hydrogens (tertiary/aromatic N) is 1. The third-order valence-electron chi connectivity index (χ3n) is 2.82. The van der Waals surface area contributed by atoms with Crippen LogP contribution in [-0.4, -0.2) is 23.2 Å². The Morgan fingerprint density at radius 3 is 3.00 bits per heavy atom. The van der Waals surface area contributed by atoms with Gasteiger partial charge in [0.05, 0.1) is 12.3 Å². The quantitative estimate of drug-likeness (QED) is 0.770. The van der Waals surface area contributed by atoms with Gasteiger partial charge in [-0.15, -0.1) is 0 Å². The molecule has 2 heterocycles. The van der Waals surface area contributed by atoms with Crippen molar-refractivity contribution in [3.05, 3.63) is 22.5 Å². The second kappa shape index (κ2) is 3.87. The van der Waals surface area contributed by atoms with Crippen molar-refractivity contribution >= 4 is 11.6 Å². The fourth-order valence-corrected chi connectivity index (χ4v) is 2.04. The first-order valence-corrected chi connectivity index (χ1v) is 5.55. The third kappa shape index (κ3) is 1.77. The molecule has 4 nitrogen and oxygen atoms in total. The Morgan fingerprint density at radius 1 is 1.69 bits per heavy atom. The van der Waals surface area contributed by atoms with Crippen LogP contribution in [-0.2, 0) is 5.41 Å². The van der Waals surface area contributed by atoms with Gasteiger partial charge in [-0.3, -0.25) is 0 Å². The Bertz CT molecular complexity index is 421. The average Bonchev–Trinajstić information content (AvgIpc) is 2.54. The molecule has 0 saturated heterocycles. The van der Waals surface area contributed by atoms with E-state index in [0.717, 1.165) is 5.56 Å². The normalized spacial score (nSPS) is 19.1. The minimum absolute atomic E-state index is 0.106. The van der Waals surface area contributed by atoms with Gasteiger partial charge in [0.1, 0.15) is 6.10 Å². The zero-order valence-electron chi connectivity index (χ0n) is 9.33. The fourth-order valence-electron chi connectivity index (χ4n) is 1.78. The summed E-state index contributed by atoms with van der Waals surface area (Å²) in [7, 11) is 0. The summed E-state index contributed by atoms with van der Waals surface area (Å²) in [4.78, 5) is 4.09. The molecule has 0 bridgehead atoms. The van der Waals surface area contributed by atoms with Gasteiger partial charge in [-0.25, -0.2) is 4.98 Å². The number of rotatable bonds is 2. The molecule has 0 fully saturated rings. The summed E-state index contributed by atoms with van der Waals surface area (Å²) in [5.41, 5.74) is 6.78. The second-order valence-electron chi connectivity index (χ2n) is 4.64. The summed E-state index contributed by atoms with van der Waals surface area (Å²) in [5.74, 6) is 0.625. The lowest BCUT2D eigenvalue weighted by Gasteiger charge is -2.17. The van der Waals surface area contributed by atoms with Crippen LogP contribution in [0.1, 0.15) is 31.2 Å². The number of hydrogen-bond acceptors (Lipinski definition) is 4. The van der Waals surface area contributed by atoms with Crippen molar-refractivity contribution in [2.75, 3.05) is 13.2 Å². The lowest BCUT2D eigenvalue weighted by Crippen LogP contribution is -2.19. The van der Waals surface area contributed by atoms with Gasteiger partial charge in [-0.1, -0.05) is 25.4 Å². The Balaban J connectivity index is 2.52. The summed E-state index contributed by atoms with van der Waals surface area (Å²) < 4.78 is 5.51. The van der Waals surface area contributed by atoms with Crippen molar-refractivity contribution in [1.82, 2.24) is 4.98 Å². The molecule has 1 aromatic heterocycles. The number of nitrogens with two attached hydrogens (primary N) is 1. The summed E-state index contributed by atoms with van der Waals surface area (Å²) in [6.07, 6.45) is -0.779. The van der Waals surface area contributed by atoms with E-state index in [9.17, 15) is 5.11 Å². The van der Waals surface area contributed by atoms with Crippen LogP contribution < -0.4 is 10.5 Å². The number of fused-ring (bicyclic) bond motifs is 1. The van der Waals surface area contributed by atoms with E-state index in [1.807, 2.05) is 6.07 Å². The second-order valence-corrected chi connectivity index (χ2v) is 5.00. The lowest BCUT2D eigenvalue weighted by molar-refractivity contribution is 0.181. The molecule has 1 atom stereocenters. The lowest BCUT2D eigenvalue weighted by atomic mass is 9.87. The predicted octanol–water partition coefficient (Wildman–Crippen LogP) is 1.40. The molecule has 1 aliphatic rings. The number of halogens is 1. The van der Waals surface area contributed by atoms with Crippen molar-refractivity contribution in [3.63, 3.8) is 0 Å². The number of hydrogen-bond donors (Lipinski definition) is 2. The van der Waals surface area contributed by atoms with E-state index >= 15 is 0 Å². The van der Waals surface area contributed by atoms with Crippen LogP contribution in [0.25, 0.3) is 0 Å². The van der Waals surface area contributed by atoms with Crippen LogP contribution in [0.15, 0.2) is 6.07 Å². The first-order chi connectivity index (χ1) is 7.45. The number of aliphatic hydroxyl groups is 1. The molecule has 5 heteroatoms. The van der Waals surface area contributed by atoms with Gasteiger partial charge in [0.25, 0.3) is 0 Å². The predicted molar refractivity (Wildman–Crippen MR) is 61.8 cm³/mol. The fraction of sp³-hybridized carbons (Fsp3) is 0.545. The summed E-state index contributed by atoms with van der Waals surface area (Å²) in [6.45, 7) is 4.83. The summed E-state index contributed by atoms with van der Waals surface area (Å²) >= 11 is 6.02. The molecule has 0 aliphatic carbocycles. The maximum absolute atomic E-state index is 9.67. The van der Waals surface area contributed by atoms with E-state index in [2.05, 4.69) is 18.8 Å². The molecule has 0 saturated carbocycles. The van der Waals surface area contributed by atoms with E-state index in [1.165, 1.54) is 0 Å². The first kappa shape index (κ1) is 11.6. The minimum Gasteiger partial charge on any atom is -0.489 e. The number of pyridine rings is 1. The van der Waals surface area contributed by atoms with Crippen molar-refractivity contribution < 1.29 is 9.84 Å². The van der Waals surface area contributed by atoms with Gasteiger partial charge >= 0.3 is 0 Å². The van der Waals surface area contributed by atoms with Gasteiger partial charge < -0.3 is 15.6 Å². The summed E-state index contributed by atoms with van der Waals surface area (Å²) in [5, 5.41) is 9.97. The molecule has 2 rings (SSSR count). The van der Waals surface area contributed by atoms with Gasteiger partial charge in [-0.2, -0.15) is 0 Å². The molecule has 1 aromatic rings. The van der Waals surface area contributed by atoms with Crippen LogP contribution in [0.4, 0.5) is 0 Å². The van der Waals surface area contributed by atoms with Crippen molar-refractivity contribution in [1.29, 1.82) is 0 Å². The Hall–Kier alpha value is -0.840. The molecular formula is C11H15ClN2O2. The highest BCUT2D eigenvalue weighted by Crippen LogP contribution is 2.42. The smallest absolute Gasteiger partial charge is 0.171 e.